The quantitative estimate of drug-likeness (QED) is 0.659. The van der Waals surface area contributed by atoms with Crippen LogP contribution in [0.4, 0.5) is 0 Å². The summed E-state index contributed by atoms with van der Waals surface area (Å²) in [7, 11) is -5.47. The molecule has 0 saturated carbocycles. The first-order chi connectivity index (χ1) is 11.3. The van der Waals surface area contributed by atoms with E-state index in [0.29, 0.717) is 11.5 Å². The lowest BCUT2D eigenvalue weighted by atomic mass is 10.0. The van der Waals surface area contributed by atoms with Crippen LogP contribution < -0.4 is 4.72 Å². The van der Waals surface area contributed by atoms with Crippen molar-refractivity contribution in [3.8, 4) is 0 Å². The monoisotopic (exact) mass is 385 g/mol. The molecule has 0 saturated heterocycles. The summed E-state index contributed by atoms with van der Waals surface area (Å²) in [6, 6.07) is 6.71. The maximum atomic E-state index is 12.7. The highest BCUT2D eigenvalue weighted by Gasteiger charge is 2.38. The minimum atomic E-state index is -3.55. The molecule has 2 atom stereocenters. The van der Waals surface area contributed by atoms with Gasteiger partial charge in [0.1, 0.15) is 0 Å². The molecular weight excluding hydrogens is 350 g/mol. The van der Waals surface area contributed by atoms with Gasteiger partial charge in [-0.15, -0.1) is 0 Å². The Balaban J connectivity index is 2.95. The Kier molecular flexibility index (Phi) is 7.45. The normalized spacial score (nSPS) is 15.8. The highest BCUT2D eigenvalue weighted by atomic mass is 32.2. The van der Waals surface area contributed by atoms with E-state index < -0.39 is 18.3 Å². The van der Waals surface area contributed by atoms with Crippen LogP contribution in [-0.4, -0.2) is 29.4 Å². The van der Waals surface area contributed by atoms with Gasteiger partial charge in [0.15, 0.2) is 8.32 Å². The first-order valence-corrected chi connectivity index (χ1v) is 13.4. The Morgan fingerprint density at radius 1 is 1.16 bits per heavy atom. The smallest absolute Gasteiger partial charge is 0.240 e. The largest absolute Gasteiger partial charge is 0.415 e. The third kappa shape index (κ3) is 6.20. The molecule has 25 heavy (non-hydrogen) atoms. The van der Waals surface area contributed by atoms with Crippen molar-refractivity contribution in [1.29, 1.82) is 0 Å². The molecule has 0 aromatic heterocycles. The van der Waals surface area contributed by atoms with Crippen LogP contribution in [0.25, 0.3) is 0 Å². The number of aryl methyl sites for hydroxylation is 1. The summed E-state index contributed by atoms with van der Waals surface area (Å²) in [5, 5.41) is 0.100. The molecule has 0 bridgehead atoms. The predicted octanol–water partition coefficient (Wildman–Crippen LogP) is 4.71. The summed E-state index contributed by atoms with van der Waals surface area (Å²) in [6.45, 7) is 17.4. The standard InChI is InChI=1S/C19H35NO3SSi/c1-9-16(3)18(14-23-25(7,8)19(4,5)6)20-24(21,22)17-12-10-15(2)11-13-17/h10-13,16,18,20H,9,14H2,1-8H3/t16-,18+/m0/s1. The molecule has 0 spiro atoms. The fraction of sp³-hybridized carbons (Fsp3) is 0.684. The molecule has 6 heteroatoms. The van der Waals surface area contributed by atoms with Gasteiger partial charge in [-0.2, -0.15) is 0 Å². The molecule has 1 aromatic rings. The molecule has 0 aliphatic carbocycles. The van der Waals surface area contributed by atoms with E-state index in [2.05, 4.69) is 52.4 Å². The van der Waals surface area contributed by atoms with Gasteiger partial charge in [-0.25, -0.2) is 13.1 Å². The van der Waals surface area contributed by atoms with E-state index in [-0.39, 0.29) is 17.0 Å². The van der Waals surface area contributed by atoms with Crippen LogP contribution in [0.1, 0.15) is 46.6 Å². The van der Waals surface area contributed by atoms with Crippen LogP contribution in [0, 0.1) is 12.8 Å². The van der Waals surface area contributed by atoms with Crippen LogP contribution in [0.2, 0.25) is 18.1 Å². The molecule has 0 radical (unpaired) electrons. The van der Waals surface area contributed by atoms with Crippen LogP contribution in [0.5, 0.6) is 0 Å². The second-order valence-electron chi connectivity index (χ2n) is 8.50. The van der Waals surface area contributed by atoms with Gasteiger partial charge in [-0.3, -0.25) is 0 Å². The van der Waals surface area contributed by atoms with Crippen LogP contribution in [-0.2, 0) is 14.4 Å². The minimum absolute atomic E-state index is 0.100. The van der Waals surface area contributed by atoms with Gasteiger partial charge < -0.3 is 4.43 Å². The van der Waals surface area contributed by atoms with Crippen molar-refractivity contribution in [3.63, 3.8) is 0 Å². The van der Waals surface area contributed by atoms with Crippen molar-refractivity contribution in [3.05, 3.63) is 29.8 Å². The molecule has 1 rings (SSSR count). The molecule has 1 aromatic carbocycles. The van der Waals surface area contributed by atoms with Crippen molar-refractivity contribution in [1.82, 2.24) is 4.72 Å². The van der Waals surface area contributed by atoms with Crippen LogP contribution in [0.15, 0.2) is 29.2 Å². The maximum absolute atomic E-state index is 12.7. The molecule has 0 aliphatic rings. The van der Waals surface area contributed by atoms with Gasteiger partial charge in [-0.1, -0.05) is 58.7 Å². The summed E-state index contributed by atoms with van der Waals surface area (Å²) in [6.07, 6.45) is 0.891. The average molecular weight is 386 g/mol. The summed E-state index contributed by atoms with van der Waals surface area (Å²) in [4.78, 5) is 0.304. The molecule has 144 valence electrons. The summed E-state index contributed by atoms with van der Waals surface area (Å²) < 4.78 is 34.6. The van der Waals surface area contributed by atoms with E-state index in [1.807, 2.05) is 19.1 Å². The van der Waals surface area contributed by atoms with Crippen LogP contribution >= 0.6 is 0 Å². The molecule has 0 heterocycles. The zero-order valence-electron chi connectivity index (χ0n) is 17.0. The molecule has 0 unspecified atom stereocenters. The zero-order valence-corrected chi connectivity index (χ0v) is 18.8. The van der Waals surface area contributed by atoms with E-state index >= 15 is 0 Å². The van der Waals surface area contributed by atoms with Crippen molar-refractivity contribution in [2.24, 2.45) is 5.92 Å². The average Bonchev–Trinajstić information content (AvgIpc) is 2.50. The lowest BCUT2D eigenvalue weighted by molar-refractivity contribution is 0.220. The maximum Gasteiger partial charge on any atom is 0.240 e. The Bertz CT molecular complexity index is 648. The number of hydrogen-bond donors (Lipinski definition) is 1. The Morgan fingerprint density at radius 3 is 2.12 bits per heavy atom. The number of nitrogens with one attached hydrogen (secondary N) is 1. The van der Waals surface area contributed by atoms with E-state index in [9.17, 15) is 8.42 Å². The third-order valence-electron chi connectivity index (χ3n) is 5.40. The third-order valence-corrected chi connectivity index (χ3v) is 11.4. The SMILES string of the molecule is CC[C@H](C)[C@@H](CO[Si](C)(C)C(C)(C)C)NS(=O)(=O)c1ccc(C)cc1. The van der Waals surface area contributed by atoms with Crippen molar-refractivity contribution >= 4 is 18.3 Å². The number of hydrogen-bond acceptors (Lipinski definition) is 3. The highest BCUT2D eigenvalue weighted by molar-refractivity contribution is 7.89. The van der Waals surface area contributed by atoms with Gasteiger partial charge in [0, 0.05) is 6.04 Å². The minimum Gasteiger partial charge on any atom is -0.415 e. The lowest BCUT2D eigenvalue weighted by Gasteiger charge is -2.38. The molecule has 0 aliphatic heterocycles. The Morgan fingerprint density at radius 2 is 1.68 bits per heavy atom. The molecule has 1 N–H and O–H groups in total. The van der Waals surface area contributed by atoms with Crippen molar-refractivity contribution in [2.45, 2.75) is 77.0 Å². The molecule has 4 nitrogen and oxygen atoms in total. The van der Waals surface area contributed by atoms with E-state index in [1.54, 1.807) is 12.1 Å². The predicted molar refractivity (Wildman–Crippen MR) is 108 cm³/mol. The second kappa shape index (κ2) is 8.33. The highest BCUT2D eigenvalue weighted by Crippen LogP contribution is 2.36. The van der Waals surface area contributed by atoms with Crippen molar-refractivity contribution in [2.75, 3.05) is 6.61 Å². The van der Waals surface area contributed by atoms with Gasteiger partial charge in [0.25, 0.3) is 0 Å². The Labute approximate surface area is 155 Å². The first-order valence-electron chi connectivity index (χ1n) is 9.03. The number of benzene rings is 1. The van der Waals surface area contributed by atoms with E-state index in [1.165, 1.54) is 0 Å². The molecule has 0 fully saturated rings. The van der Waals surface area contributed by atoms with Crippen molar-refractivity contribution < 1.29 is 12.8 Å². The Hall–Kier alpha value is -0.693. The summed E-state index contributed by atoms with van der Waals surface area (Å²) in [5.74, 6) is 0.199. The van der Waals surface area contributed by atoms with E-state index in [4.69, 9.17) is 4.43 Å². The lowest BCUT2D eigenvalue weighted by Crippen LogP contribution is -2.48. The van der Waals surface area contributed by atoms with Gasteiger partial charge >= 0.3 is 0 Å². The summed E-state index contributed by atoms with van der Waals surface area (Å²) in [5.41, 5.74) is 1.04. The van der Waals surface area contributed by atoms with E-state index in [0.717, 1.165) is 12.0 Å². The molecule has 0 amide bonds. The zero-order chi connectivity index (χ0) is 19.5. The summed E-state index contributed by atoms with van der Waals surface area (Å²) >= 11 is 0. The second-order valence-corrected chi connectivity index (χ2v) is 15.0. The van der Waals surface area contributed by atoms with Gasteiger partial charge in [0.05, 0.1) is 11.5 Å². The number of sulfonamides is 1. The fourth-order valence-corrected chi connectivity index (χ4v) is 4.46. The topological polar surface area (TPSA) is 55.4 Å². The first kappa shape index (κ1) is 22.3. The molecular formula is C19H35NO3SSi. The van der Waals surface area contributed by atoms with Gasteiger partial charge in [-0.05, 0) is 43.1 Å². The van der Waals surface area contributed by atoms with Gasteiger partial charge in [0.2, 0.25) is 10.0 Å². The van der Waals surface area contributed by atoms with Crippen LogP contribution in [0.3, 0.4) is 0 Å². The fourth-order valence-electron chi connectivity index (χ4n) is 2.10. The number of rotatable bonds is 8.